The van der Waals surface area contributed by atoms with Crippen molar-refractivity contribution in [2.75, 3.05) is 5.75 Å². The van der Waals surface area contributed by atoms with Gasteiger partial charge in [0.05, 0.1) is 0 Å². The molecule has 1 aliphatic rings. The van der Waals surface area contributed by atoms with Crippen molar-refractivity contribution in [1.82, 2.24) is 0 Å². The molecule has 0 saturated heterocycles. The predicted octanol–water partition coefficient (Wildman–Crippen LogP) is 1.99. The van der Waals surface area contributed by atoms with Crippen LogP contribution in [-0.2, 0) is 0 Å². The van der Waals surface area contributed by atoms with E-state index >= 15 is 0 Å². The lowest BCUT2D eigenvalue weighted by Gasteiger charge is -1.83. The summed E-state index contributed by atoms with van der Waals surface area (Å²) < 4.78 is 0.942. The van der Waals surface area contributed by atoms with Crippen molar-refractivity contribution in [2.45, 2.75) is 0 Å². The Labute approximate surface area is 54.8 Å². The molecule has 0 fully saturated rings. The van der Waals surface area contributed by atoms with Crippen LogP contribution < -0.4 is 0 Å². The summed E-state index contributed by atoms with van der Waals surface area (Å²) in [6.07, 6.45) is 1.99. The first-order chi connectivity index (χ1) is 3.30. The molecular formula is C4H4BrNS. The van der Waals surface area contributed by atoms with Crippen LogP contribution in [0.15, 0.2) is 10.6 Å². The molecule has 0 aromatic heterocycles. The van der Waals surface area contributed by atoms with Gasteiger partial charge in [-0.1, -0.05) is 6.08 Å². The highest BCUT2D eigenvalue weighted by Gasteiger charge is 2.06. The fourth-order valence-electron chi connectivity index (χ4n) is 0.360. The summed E-state index contributed by atoms with van der Waals surface area (Å²) in [7, 11) is 0. The summed E-state index contributed by atoms with van der Waals surface area (Å²) in [5.74, 6) is 0.958. The number of hydrogen-bond donors (Lipinski definition) is 1. The molecule has 0 atom stereocenters. The first-order valence-electron chi connectivity index (χ1n) is 1.88. The molecule has 0 radical (unpaired) electrons. The fourth-order valence-corrected chi connectivity index (χ4v) is 1.72. The standard InChI is InChI=1S/C4H4BrNS/c5-3-1-2-7-4(3)6/h1,6H,2H2. The van der Waals surface area contributed by atoms with Gasteiger partial charge in [0.1, 0.15) is 5.04 Å². The van der Waals surface area contributed by atoms with Crippen molar-refractivity contribution in [3.63, 3.8) is 0 Å². The lowest BCUT2D eigenvalue weighted by Crippen LogP contribution is -1.77. The SMILES string of the molecule is N=C1SCC=C1Br. The molecule has 1 rings (SSSR count). The minimum absolute atomic E-state index is 0.653. The van der Waals surface area contributed by atoms with Gasteiger partial charge in [0, 0.05) is 10.2 Å². The van der Waals surface area contributed by atoms with E-state index < -0.39 is 0 Å². The van der Waals surface area contributed by atoms with Gasteiger partial charge in [-0.3, -0.25) is 5.41 Å². The summed E-state index contributed by atoms with van der Waals surface area (Å²) in [6.45, 7) is 0. The second-order valence-corrected chi connectivity index (χ2v) is 3.08. The van der Waals surface area contributed by atoms with Gasteiger partial charge in [0.15, 0.2) is 0 Å². The van der Waals surface area contributed by atoms with E-state index in [-0.39, 0.29) is 0 Å². The summed E-state index contributed by atoms with van der Waals surface area (Å²) in [4.78, 5) is 0. The van der Waals surface area contributed by atoms with Crippen LogP contribution in [0.4, 0.5) is 0 Å². The highest BCUT2D eigenvalue weighted by Crippen LogP contribution is 2.23. The molecule has 0 amide bonds. The van der Waals surface area contributed by atoms with Crippen LogP contribution in [0, 0.1) is 5.41 Å². The van der Waals surface area contributed by atoms with E-state index in [1.807, 2.05) is 6.08 Å². The average Bonchev–Trinajstić information content (AvgIpc) is 1.91. The molecule has 1 aliphatic heterocycles. The van der Waals surface area contributed by atoms with Crippen molar-refractivity contribution >= 4 is 32.7 Å². The predicted molar refractivity (Wildman–Crippen MR) is 37.2 cm³/mol. The summed E-state index contributed by atoms with van der Waals surface area (Å²) in [5, 5.41) is 7.76. The minimum atomic E-state index is 0.653. The maximum Gasteiger partial charge on any atom is 0.101 e. The first kappa shape index (κ1) is 5.38. The van der Waals surface area contributed by atoms with E-state index in [0.29, 0.717) is 5.04 Å². The molecule has 7 heavy (non-hydrogen) atoms. The summed E-state index contributed by atoms with van der Waals surface area (Å²) >= 11 is 4.77. The third-order valence-electron chi connectivity index (χ3n) is 0.707. The molecule has 1 N–H and O–H groups in total. The van der Waals surface area contributed by atoms with Gasteiger partial charge in [-0.2, -0.15) is 0 Å². The Morgan fingerprint density at radius 2 is 2.57 bits per heavy atom. The number of hydrogen-bond acceptors (Lipinski definition) is 2. The van der Waals surface area contributed by atoms with Gasteiger partial charge in [0.25, 0.3) is 0 Å². The van der Waals surface area contributed by atoms with E-state index in [0.717, 1.165) is 10.2 Å². The number of halogens is 1. The van der Waals surface area contributed by atoms with Crippen molar-refractivity contribution in [3.05, 3.63) is 10.6 Å². The molecular weight excluding hydrogens is 174 g/mol. The smallest absolute Gasteiger partial charge is 0.101 e. The van der Waals surface area contributed by atoms with Crippen molar-refractivity contribution in [3.8, 4) is 0 Å². The van der Waals surface area contributed by atoms with Gasteiger partial charge in [-0.05, 0) is 15.9 Å². The Bertz CT molecular complexity index is 130. The van der Waals surface area contributed by atoms with E-state index in [4.69, 9.17) is 5.41 Å². The molecule has 0 bridgehead atoms. The first-order valence-corrected chi connectivity index (χ1v) is 3.66. The van der Waals surface area contributed by atoms with Crippen LogP contribution >= 0.6 is 27.7 Å². The Morgan fingerprint density at radius 3 is 2.71 bits per heavy atom. The molecule has 3 heteroatoms. The third-order valence-corrected chi connectivity index (χ3v) is 2.53. The zero-order valence-electron chi connectivity index (χ0n) is 3.57. The maximum atomic E-state index is 7.10. The minimum Gasteiger partial charge on any atom is -0.293 e. The largest absolute Gasteiger partial charge is 0.293 e. The molecule has 0 unspecified atom stereocenters. The topological polar surface area (TPSA) is 23.9 Å². The molecule has 0 aliphatic carbocycles. The van der Waals surface area contributed by atoms with Gasteiger partial charge in [-0.25, -0.2) is 0 Å². The number of thioether (sulfide) groups is 1. The maximum absolute atomic E-state index is 7.10. The lowest BCUT2D eigenvalue weighted by atomic mass is 10.6. The number of nitrogens with one attached hydrogen (secondary N) is 1. The van der Waals surface area contributed by atoms with Crippen LogP contribution in [0.25, 0.3) is 0 Å². The third kappa shape index (κ3) is 1.07. The second-order valence-electron chi connectivity index (χ2n) is 1.19. The van der Waals surface area contributed by atoms with Gasteiger partial charge in [0.2, 0.25) is 0 Å². The van der Waals surface area contributed by atoms with Crippen LogP contribution in [0.1, 0.15) is 0 Å². The van der Waals surface area contributed by atoms with Crippen molar-refractivity contribution < 1.29 is 0 Å². The lowest BCUT2D eigenvalue weighted by molar-refractivity contribution is 1.57. The molecule has 0 aromatic carbocycles. The second kappa shape index (κ2) is 2.01. The van der Waals surface area contributed by atoms with Gasteiger partial charge < -0.3 is 0 Å². The molecule has 1 heterocycles. The van der Waals surface area contributed by atoms with Gasteiger partial charge in [-0.15, -0.1) is 11.8 Å². The zero-order valence-corrected chi connectivity index (χ0v) is 5.97. The molecule has 38 valence electrons. The monoisotopic (exact) mass is 177 g/mol. The van der Waals surface area contributed by atoms with E-state index in [1.54, 1.807) is 11.8 Å². The zero-order chi connectivity index (χ0) is 5.28. The van der Waals surface area contributed by atoms with E-state index in [9.17, 15) is 0 Å². The van der Waals surface area contributed by atoms with E-state index in [2.05, 4.69) is 15.9 Å². The highest BCUT2D eigenvalue weighted by atomic mass is 79.9. The molecule has 1 nitrogen and oxygen atoms in total. The molecule has 0 saturated carbocycles. The Balaban J connectivity index is 2.72. The fraction of sp³-hybridized carbons (Fsp3) is 0.250. The van der Waals surface area contributed by atoms with E-state index in [1.165, 1.54) is 0 Å². The Kier molecular flexibility index (Phi) is 1.54. The molecule has 0 spiro atoms. The summed E-state index contributed by atoms with van der Waals surface area (Å²) in [6, 6.07) is 0. The Morgan fingerprint density at radius 1 is 1.86 bits per heavy atom. The number of rotatable bonds is 0. The van der Waals surface area contributed by atoms with Crippen molar-refractivity contribution in [1.29, 1.82) is 5.41 Å². The van der Waals surface area contributed by atoms with Crippen molar-refractivity contribution in [2.24, 2.45) is 0 Å². The van der Waals surface area contributed by atoms with Crippen LogP contribution in [0.2, 0.25) is 0 Å². The van der Waals surface area contributed by atoms with Gasteiger partial charge >= 0.3 is 0 Å². The highest BCUT2D eigenvalue weighted by molar-refractivity contribution is 9.12. The normalized spacial score (nSPS) is 20.1. The summed E-state index contributed by atoms with van der Waals surface area (Å²) in [5.41, 5.74) is 0. The average molecular weight is 178 g/mol. The van der Waals surface area contributed by atoms with Crippen LogP contribution in [-0.4, -0.2) is 10.8 Å². The quantitative estimate of drug-likeness (QED) is 0.602. The molecule has 0 aromatic rings. The van der Waals surface area contributed by atoms with Crippen LogP contribution in [0.3, 0.4) is 0 Å². The Hall–Kier alpha value is 0.240. The van der Waals surface area contributed by atoms with Crippen LogP contribution in [0.5, 0.6) is 0 Å².